The molecular weight excluding hydrogens is 556 g/mol. The van der Waals surface area contributed by atoms with Crippen molar-refractivity contribution in [2.45, 2.75) is 38.1 Å². The van der Waals surface area contributed by atoms with E-state index < -0.39 is 0 Å². The molecule has 0 atom stereocenters. The second-order valence-electron chi connectivity index (χ2n) is 5.67. The summed E-state index contributed by atoms with van der Waals surface area (Å²) in [7, 11) is 0. The number of thioether (sulfide) groups is 1. The number of rotatable bonds is 2. The first-order chi connectivity index (χ1) is 11.0. The molecule has 1 N–H and O–H groups in total. The molecule has 1 aliphatic carbocycles. The summed E-state index contributed by atoms with van der Waals surface area (Å²) in [5.74, 6) is 0.203. The van der Waals surface area contributed by atoms with E-state index in [4.69, 9.17) is 12.2 Å². The van der Waals surface area contributed by atoms with Crippen molar-refractivity contribution in [1.29, 1.82) is 0 Å². The number of carbonyl (C=O) groups is 1. The number of benzene rings is 1. The lowest BCUT2D eigenvalue weighted by Crippen LogP contribution is -2.39. The smallest absolute Gasteiger partial charge is 0.266 e. The van der Waals surface area contributed by atoms with Gasteiger partial charge in [-0.3, -0.25) is 9.69 Å². The van der Waals surface area contributed by atoms with E-state index >= 15 is 0 Å². The lowest BCUT2D eigenvalue weighted by atomic mass is 9.94. The van der Waals surface area contributed by atoms with Gasteiger partial charge in [-0.25, -0.2) is 0 Å². The largest absolute Gasteiger partial charge is 0.506 e. The summed E-state index contributed by atoms with van der Waals surface area (Å²) in [5.41, 5.74) is 0.672. The Kier molecular flexibility index (Phi) is 5.90. The summed E-state index contributed by atoms with van der Waals surface area (Å²) >= 11 is 11.1. The van der Waals surface area contributed by atoms with Crippen molar-refractivity contribution in [3.63, 3.8) is 0 Å². The number of nitrogens with zero attached hydrogens (tertiary/aromatic N) is 1. The van der Waals surface area contributed by atoms with E-state index in [1.807, 2.05) is 12.1 Å². The highest BCUT2D eigenvalue weighted by molar-refractivity contribution is 14.1. The zero-order valence-electron chi connectivity index (χ0n) is 12.2. The van der Waals surface area contributed by atoms with Crippen molar-refractivity contribution in [2.75, 3.05) is 0 Å². The summed E-state index contributed by atoms with van der Waals surface area (Å²) < 4.78 is 2.45. The molecule has 1 aliphatic heterocycles. The topological polar surface area (TPSA) is 40.5 Å². The van der Waals surface area contributed by atoms with E-state index in [0.29, 0.717) is 14.8 Å². The third-order valence-electron chi connectivity index (χ3n) is 4.11. The molecule has 0 spiro atoms. The van der Waals surface area contributed by atoms with Crippen molar-refractivity contribution < 1.29 is 9.90 Å². The molecule has 2 aliphatic rings. The molecule has 1 heterocycles. The number of thiocarbonyl (C=S) groups is 1. The lowest BCUT2D eigenvalue weighted by Gasteiger charge is -2.29. The molecule has 3 rings (SSSR count). The lowest BCUT2D eigenvalue weighted by molar-refractivity contribution is -0.124. The summed E-state index contributed by atoms with van der Waals surface area (Å²) in [4.78, 5) is 15.2. The van der Waals surface area contributed by atoms with Crippen molar-refractivity contribution in [1.82, 2.24) is 4.90 Å². The number of hydrogen-bond donors (Lipinski definition) is 1. The molecule has 1 aromatic carbocycles. The number of aromatic hydroxyl groups is 1. The van der Waals surface area contributed by atoms with Crippen LogP contribution in [0.25, 0.3) is 6.08 Å². The standard InChI is InChI=1S/C16H15I2NO2S2/c17-10-6-9(14(20)12(18)8-10)7-13-15(21)19(16(22)23-13)11-4-2-1-3-5-11/h6-8,11,20H,1-5H2/b13-7-. The number of hydrogen-bond acceptors (Lipinski definition) is 4. The van der Waals surface area contributed by atoms with E-state index in [1.165, 1.54) is 18.2 Å². The SMILES string of the molecule is O=C1/C(=C/c2cc(I)cc(I)c2O)SC(=S)N1C1CCCCC1. The van der Waals surface area contributed by atoms with Gasteiger partial charge in [-0.15, -0.1) is 0 Å². The highest BCUT2D eigenvalue weighted by atomic mass is 127. The van der Waals surface area contributed by atoms with Gasteiger partial charge >= 0.3 is 0 Å². The molecule has 1 saturated heterocycles. The van der Waals surface area contributed by atoms with E-state index in [0.717, 1.165) is 32.8 Å². The molecule has 122 valence electrons. The van der Waals surface area contributed by atoms with Crippen LogP contribution in [-0.2, 0) is 4.79 Å². The first-order valence-electron chi connectivity index (χ1n) is 7.42. The first-order valence-corrected chi connectivity index (χ1v) is 10.8. The van der Waals surface area contributed by atoms with Crippen LogP contribution in [0.1, 0.15) is 37.7 Å². The Balaban J connectivity index is 1.90. The van der Waals surface area contributed by atoms with Crippen LogP contribution in [0, 0.1) is 7.14 Å². The van der Waals surface area contributed by atoms with Gasteiger partial charge in [0, 0.05) is 15.2 Å². The van der Waals surface area contributed by atoms with E-state index in [1.54, 1.807) is 11.0 Å². The summed E-state index contributed by atoms with van der Waals surface area (Å²) in [5, 5.41) is 10.2. The van der Waals surface area contributed by atoms with Crippen molar-refractivity contribution in [2.24, 2.45) is 0 Å². The maximum absolute atomic E-state index is 12.8. The zero-order chi connectivity index (χ0) is 16.6. The quantitative estimate of drug-likeness (QED) is 0.304. The molecule has 0 unspecified atom stereocenters. The van der Waals surface area contributed by atoms with Gasteiger partial charge in [0.1, 0.15) is 10.1 Å². The molecular formula is C16H15I2NO2S2. The van der Waals surface area contributed by atoms with Crippen LogP contribution in [0.4, 0.5) is 0 Å². The number of phenolic OH excluding ortho intramolecular Hbond substituents is 1. The second kappa shape index (κ2) is 7.57. The maximum Gasteiger partial charge on any atom is 0.266 e. The normalized spacial score (nSPS) is 21.5. The fourth-order valence-electron chi connectivity index (χ4n) is 2.97. The molecule has 0 radical (unpaired) electrons. The van der Waals surface area contributed by atoms with Gasteiger partial charge < -0.3 is 5.11 Å². The van der Waals surface area contributed by atoms with E-state index in [2.05, 4.69) is 45.2 Å². The fraction of sp³-hybridized carbons (Fsp3) is 0.375. The Morgan fingerprint density at radius 3 is 2.65 bits per heavy atom. The van der Waals surface area contributed by atoms with Gasteiger partial charge in [-0.2, -0.15) is 0 Å². The molecule has 0 bridgehead atoms. The number of halogens is 2. The summed E-state index contributed by atoms with van der Waals surface area (Å²) in [6.45, 7) is 0. The van der Waals surface area contributed by atoms with Crippen LogP contribution in [0.2, 0.25) is 0 Å². The summed E-state index contributed by atoms with van der Waals surface area (Å²) in [6, 6.07) is 4.03. The maximum atomic E-state index is 12.8. The fourth-order valence-corrected chi connectivity index (χ4v) is 6.25. The predicted molar refractivity (Wildman–Crippen MR) is 115 cm³/mol. The van der Waals surface area contributed by atoms with Gasteiger partial charge in [-0.1, -0.05) is 43.2 Å². The minimum Gasteiger partial charge on any atom is -0.506 e. The zero-order valence-corrected chi connectivity index (χ0v) is 18.2. The Hall–Kier alpha value is 0.130. The third kappa shape index (κ3) is 3.87. The first kappa shape index (κ1) is 17.9. The summed E-state index contributed by atoms with van der Waals surface area (Å²) in [6.07, 6.45) is 7.41. The minimum atomic E-state index is -0.0137. The second-order valence-corrected chi connectivity index (χ2v) is 9.75. The number of carbonyl (C=O) groups excluding carboxylic acids is 1. The number of phenols is 1. The van der Waals surface area contributed by atoms with Crippen molar-refractivity contribution in [3.8, 4) is 5.75 Å². The highest BCUT2D eigenvalue weighted by Crippen LogP contribution is 2.39. The molecule has 1 aromatic rings. The van der Waals surface area contributed by atoms with E-state index in [9.17, 15) is 9.90 Å². The van der Waals surface area contributed by atoms with Crippen LogP contribution in [-0.4, -0.2) is 26.3 Å². The molecule has 2 fully saturated rings. The molecule has 23 heavy (non-hydrogen) atoms. The Bertz CT molecular complexity index is 700. The minimum absolute atomic E-state index is 0.0137. The Morgan fingerprint density at radius 1 is 1.26 bits per heavy atom. The predicted octanol–water partition coefficient (Wildman–Crippen LogP) is 5.14. The Labute approximate surface area is 172 Å². The van der Waals surface area contributed by atoms with Crippen molar-refractivity contribution in [3.05, 3.63) is 29.7 Å². The average molecular weight is 571 g/mol. The van der Waals surface area contributed by atoms with Crippen LogP contribution in [0.15, 0.2) is 17.0 Å². The van der Waals surface area contributed by atoms with Crippen LogP contribution < -0.4 is 0 Å². The van der Waals surface area contributed by atoms with Gasteiger partial charge in [0.25, 0.3) is 5.91 Å². The van der Waals surface area contributed by atoms with Crippen LogP contribution in [0.5, 0.6) is 5.75 Å². The molecule has 7 heteroatoms. The van der Waals surface area contributed by atoms with Crippen LogP contribution >= 0.6 is 69.2 Å². The third-order valence-corrected chi connectivity index (χ3v) is 6.88. The molecule has 0 aromatic heterocycles. The molecule has 3 nitrogen and oxygen atoms in total. The van der Waals surface area contributed by atoms with Gasteiger partial charge in [0.2, 0.25) is 0 Å². The van der Waals surface area contributed by atoms with Crippen LogP contribution in [0.3, 0.4) is 0 Å². The Morgan fingerprint density at radius 2 is 1.96 bits per heavy atom. The number of amides is 1. The average Bonchev–Trinajstić information content (AvgIpc) is 2.79. The monoisotopic (exact) mass is 571 g/mol. The van der Waals surface area contributed by atoms with Gasteiger partial charge in [0.15, 0.2) is 0 Å². The van der Waals surface area contributed by atoms with Gasteiger partial charge in [0.05, 0.1) is 8.48 Å². The van der Waals surface area contributed by atoms with Crippen molar-refractivity contribution >= 4 is 85.5 Å². The highest BCUT2D eigenvalue weighted by Gasteiger charge is 2.37. The van der Waals surface area contributed by atoms with E-state index in [-0.39, 0.29) is 17.7 Å². The molecule has 1 amide bonds. The molecule has 1 saturated carbocycles. The van der Waals surface area contributed by atoms with Gasteiger partial charge in [-0.05, 0) is 76.2 Å².